The van der Waals surface area contributed by atoms with Gasteiger partial charge in [-0.2, -0.15) is 0 Å². The average Bonchev–Trinajstić information content (AvgIpc) is 3.00. The predicted octanol–water partition coefficient (Wildman–Crippen LogP) is 1.23. The number of benzene rings is 1. The summed E-state index contributed by atoms with van der Waals surface area (Å²) in [5, 5.41) is 3.66. The lowest BCUT2D eigenvalue weighted by atomic mass is 10.1. The van der Waals surface area contributed by atoms with E-state index in [1.165, 1.54) is 10.9 Å². The van der Waals surface area contributed by atoms with Gasteiger partial charge < -0.3 is 10.2 Å². The van der Waals surface area contributed by atoms with E-state index in [0.717, 1.165) is 30.5 Å². The number of fused-ring (bicyclic) bond motifs is 1. The summed E-state index contributed by atoms with van der Waals surface area (Å²) >= 11 is 3.36. The van der Waals surface area contributed by atoms with Crippen molar-refractivity contribution in [3.05, 3.63) is 39.4 Å². The van der Waals surface area contributed by atoms with E-state index < -0.39 is 0 Å². The van der Waals surface area contributed by atoms with Crippen molar-refractivity contribution < 1.29 is 4.79 Å². The van der Waals surface area contributed by atoms with Gasteiger partial charge in [-0.25, -0.2) is 4.98 Å². The number of halogens is 1. The lowest BCUT2D eigenvalue weighted by Gasteiger charge is -2.17. The molecule has 0 saturated carbocycles. The minimum atomic E-state index is -0.185. The van der Waals surface area contributed by atoms with Gasteiger partial charge in [-0.1, -0.05) is 15.9 Å². The van der Waals surface area contributed by atoms with E-state index in [4.69, 9.17) is 0 Å². The summed E-state index contributed by atoms with van der Waals surface area (Å²) in [6.45, 7) is 2.46. The Bertz CT molecular complexity index is 789. The maximum Gasteiger partial charge on any atom is 0.261 e. The molecule has 0 spiro atoms. The molecule has 0 bridgehead atoms. The van der Waals surface area contributed by atoms with Crippen LogP contribution in [0.2, 0.25) is 0 Å². The molecule has 1 fully saturated rings. The molecule has 0 aliphatic carbocycles. The van der Waals surface area contributed by atoms with Crippen LogP contribution in [0.15, 0.2) is 33.8 Å². The Hall–Kier alpha value is -1.73. The molecular formula is C16H19BrN4O2. The number of aromatic nitrogens is 2. The number of hydrogen-bond acceptors (Lipinski definition) is 4. The monoisotopic (exact) mass is 378 g/mol. The number of carbonyl (C=O) groups is 1. The second-order valence-corrected chi connectivity index (χ2v) is 6.81. The minimum Gasteiger partial charge on any atom is -0.341 e. The Morgan fingerprint density at radius 3 is 3.09 bits per heavy atom. The highest BCUT2D eigenvalue weighted by Crippen LogP contribution is 2.17. The van der Waals surface area contributed by atoms with Crippen molar-refractivity contribution in [1.82, 2.24) is 19.8 Å². The first-order valence-corrected chi connectivity index (χ1v) is 8.45. The zero-order valence-corrected chi connectivity index (χ0v) is 14.5. The number of rotatable bonds is 4. The summed E-state index contributed by atoms with van der Waals surface area (Å²) in [7, 11) is 1.92. The molecule has 1 saturated heterocycles. The molecule has 2 aromatic rings. The normalized spacial score (nSPS) is 17.8. The van der Waals surface area contributed by atoms with E-state index in [2.05, 4.69) is 26.2 Å². The van der Waals surface area contributed by atoms with E-state index in [0.29, 0.717) is 16.8 Å². The molecule has 2 heterocycles. The van der Waals surface area contributed by atoms with Gasteiger partial charge in [0.15, 0.2) is 0 Å². The van der Waals surface area contributed by atoms with Crippen molar-refractivity contribution in [3.8, 4) is 0 Å². The second kappa shape index (κ2) is 6.80. The van der Waals surface area contributed by atoms with Crippen molar-refractivity contribution >= 4 is 32.7 Å². The summed E-state index contributed by atoms with van der Waals surface area (Å²) in [5.74, 6) is 0.466. The van der Waals surface area contributed by atoms with Gasteiger partial charge in [-0.3, -0.25) is 14.2 Å². The van der Waals surface area contributed by atoms with Crippen molar-refractivity contribution in [3.63, 3.8) is 0 Å². The Labute approximate surface area is 142 Å². The van der Waals surface area contributed by atoms with Gasteiger partial charge in [0.05, 0.1) is 17.2 Å². The van der Waals surface area contributed by atoms with Gasteiger partial charge in [0, 0.05) is 17.6 Å². The molecule has 1 atom stereocenters. The van der Waals surface area contributed by atoms with Gasteiger partial charge >= 0.3 is 0 Å². The quantitative estimate of drug-likeness (QED) is 0.868. The molecule has 0 radical (unpaired) electrons. The zero-order chi connectivity index (χ0) is 16.4. The molecule has 1 amide bonds. The van der Waals surface area contributed by atoms with Crippen molar-refractivity contribution in [1.29, 1.82) is 0 Å². The van der Waals surface area contributed by atoms with E-state index in [-0.39, 0.29) is 18.0 Å². The fraction of sp³-hybridized carbons (Fsp3) is 0.438. The number of carbonyl (C=O) groups excluding carboxylic acids is 1. The highest BCUT2D eigenvalue weighted by Gasteiger charge is 2.25. The Kier molecular flexibility index (Phi) is 4.77. The van der Waals surface area contributed by atoms with E-state index in [1.54, 1.807) is 12.1 Å². The smallest absolute Gasteiger partial charge is 0.261 e. The fourth-order valence-electron chi connectivity index (χ4n) is 3.00. The summed E-state index contributed by atoms with van der Waals surface area (Å²) in [6, 6.07) is 5.37. The summed E-state index contributed by atoms with van der Waals surface area (Å²) in [4.78, 5) is 31.0. The van der Waals surface area contributed by atoms with Crippen LogP contribution in [-0.2, 0) is 11.3 Å². The van der Waals surface area contributed by atoms with Gasteiger partial charge in [0.2, 0.25) is 5.91 Å². The third-order valence-electron chi connectivity index (χ3n) is 4.22. The lowest BCUT2D eigenvalue weighted by Crippen LogP contribution is -2.35. The third-order valence-corrected chi connectivity index (χ3v) is 4.72. The van der Waals surface area contributed by atoms with E-state index >= 15 is 0 Å². The summed E-state index contributed by atoms with van der Waals surface area (Å²) in [6.07, 6.45) is 2.46. The summed E-state index contributed by atoms with van der Waals surface area (Å²) < 4.78 is 2.21. The number of nitrogens with one attached hydrogen (secondary N) is 1. The highest BCUT2D eigenvalue weighted by molar-refractivity contribution is 9.10. The van der Waals surface area contributed by atoms with Gasteiger partial charge in [0.25, 0.3) is 5.56 Å². The lowest BCUT2D eigenvalue weighted by molar-refractivity contribution is -0.130. The van der Waals surface area contributed by atoms with Gasteiger partial charge in [-0.15, -0.1) is 0 Å². The minimum absolute atomic E-state index is 0.0261. The first kappa shape index (κ1) is 16.1. The molecule has 1 aliphatic rings. The molecule has 7 heteroatoms. The molecule has 1 aromatic heterocycles. The topological polar surface area (TPSA) is 67.2 Å². The molecule has 6 nitrogen and oxygen atoms in total. The molecule has 3 rings (SSSR count). The molecule has 1 aromatic carbocycles. The molecule has 0 unspecified atom stereocenters. The standard InChI is InChI=1S/C16H19BrN4O2/c1-18-7-11-4-5-20(8-11)15(22)9-21-10-19-14-3-2-12(17)6-13(14)16(21)23/h2-3,6,10-11,18H,4-5,7-9H2,1H3/t11-/m1/s1. The van der Waals surface area contributed by atoms with Gasteiger partial charge in [-0.05, 0) is 44.1 Å². The SMILES string of the molecule is CNC[C@H]1CCN(C(=O)Cn2cnc3ccc(Br)cc3c2=O)C1. The average molecular weight is 379 g/mol. The zero-order valence-electron chi connectivity index (χ0n) is 13.0. The maximum atomic E-state index is 12.5. The highest BCUT2D eigenvalue weighted by atomic mass is 79.9. The van der Waals surface area contributed by atoms with Crippen LogP contribution in [-0.4, -0.2) is 47.0 Å². The Balaban J connectivity index is 1.78. The molecule has 122 valence electrons. The molecule has 23 heavy (non-hydrogen) atoms. The van der Waals surface area contributed by atoms with Crippen LogP contribution < -0.4 is 10.9 Å². The van der Waals surface area contributed by atoms with E-state index in [1.807, 2.05) is 18.0 Å². The van der Waals surface area contributed by atoms with Crippen molar-refractivity contribution in [2.24, 2.45) is 5.92 Å². The first-order chi connectivity index (χ1) is 11.1. The second-order valence-electron chi connectivity index (χ2n) is 5.89. The van der Waals surface area contributed by atoms with Crippen LogP contribution in [0, 0.1) is 5.92 Å². The number of likely N-dealkylation sites (tertiary alicyclic amines) is 1. The van der Waals surface area contributed by atoms with E-state index in [9.17, 15) is 9.59 Å². The third kappa shape index (κ3) is 3.45. The molecule has 1 aliphatic heterocycles. The molecule has 1 N–H and O–H groups in total. The van der Waals surface area contributed by atoms with Crippen LogP contribution in [0.5, 0.6) is 0 Å². The van der Waals surface area contributed by atoms with Crippen molar-refractivity contribution in [2.45, 2.75) is 13.0 Å². The fourth-order valence-corrected chi connectivity index (χ4v) is 3.37. The van der Waals surface area contributed by atoms with Crippen LogP contribution >= 0.6 is 15.9 Å². The van der Waals surface area contributed by atoms with Crippen LogP contribution in [0.4, 0.5) is 0 Å². The van der Waals surface area contributed by atoms with Gasteiger partial charge in [0.1, 0.15) is 6.54 Å². The van der Waals surface area contributed by atoms with Crippen LogP contribution in [0.1, 0.15) is 6.42 Å². The maximum absolute atomic E-state index is 12.5. The van der Waals surface area contributed by atoms with Crippen molar-refractivity contribution in [2.75, 3.05) is 26.7 Å². The first-order valence-electron chi connectivity index (χ1n) is 7.65. The summed E-state index contributed by atoms with van der Waals surface area (Å²) in [5.41, 5.74) is 0.452. The number of hydrogen-bond donors (Lipinski definition) is 1. The Morgan fingerprint density at radius 1 is 1.48 bits per heavy atom. The molecular weight excluding hydrogens is 360 g/mol. The van der Waals surface area contributed by atoms with Crippen LogP contribution in [0.3, 0.4) is 0 Å². The Morgan fingerprint density at radius 2 is 2.30 bits per heavy atom. The predicted molar refractivity (Wildman–Crippen MR) is 92.3 cm³/mol. The number of nitrogens with zero attached hydrogens (tertiary/aromatic N) is 3. The largest absolute Gasteiger partial charge is 0.341 e. The number of amides is 1. The van der Waals surface area contributed by atoms with Crippen LogP contribution in [0.25, 0.3) is 10.9 Å².